The molecule has 0 saturated carbocycles. The van der Waals surface area contributed by atoms with Crippen molar-refractivity contribution in [2.45, 2.75) is 25.8 Å². The second-order valence-corrected chi connectivity index (χ2v) is 12.4. The molecule has 0 aliphatic heterocycles. The van der Waals surface area contributed by atoms with Crippen LogP contribution in [0.1, 0.15) is 31.1 Å². The van der Waals surface area contributed by atoms with Crippen molar-refractivity contribution in [3.05, 3.63) is 90.5 Å². The highest BCUT2D eigenvalue weighted by Crippen LogP contribution is 2.38. The van der Waals surface area contributed by atoms with E-state index in [4.69, 9.17) is 4.74 Å². The van der Waals surface area contributed by atoms with Crippen molar-refractivity contribution in [1.29, 1.82) is 0 Å². The van der Waals surface area contributed by atoms with Gasteiger partial charge in [-0.1, -0.05) is 93.6 Å². The van der Waals surface area contributed by atoms with Crippen molar-refractivity contribution in [3.8, 4) is 5.75 Å². The summed E-state index contributed by atoms with van der Waals surface area (Å²) in [7, 11) is -1.19. The molecule has 0 unspecified atom stereocenters. The van der Waals surface area contributed by atoms with Gasteiger partial charge in [0.05, 0.1) is 7.11 Å². The van der Waals surface area contributed by atoms with Gasteiger partial charge in [0.2, 0.25) is 8.07 Å². The summed E-state index contributed by atoms with van der Waals surface area (Å²) in [6.45, 7) is 6.58. The van der Waals surface area contributed by atoms with Crippen LogP contribution in [0.15, 0.2) is 84.9 Å². The van der Waals surface area contributed by atoms with Crippen LogP contribution in [0.4, 0.5) is 0 Å². The molecule has 27 heavy (non-hydrogen) atoms. The minimum atomic E-state index is -2.82. The molecule has 0 radical (unpaired) electrons. The molecular formula is C24H26O2Si. The number of benzene rings is 3. The average molecular weight is 375 g/mol. The molecular weight excluding hydrogens is 348 g/mol. The van der Waals surface area contributed by atoms with E-state index in [2.05, 4.69) is 45.0 Å². The zero-order chi connectivity index (χ0) is 19.5. The molecule has 0 N–H and O–H groups in total. The number of hydrogen-bond acceptors (Lipinski definition) is 2. The lowest BCUT2D eigenvalue weighted by Gasteiger charge is -2.42. The Bertz CT molecular complexity index is 872. The molecule has 0 atom stereocenters. The Morgan fingerprint density at radius 2 is 1.30 bits per heavy atom. The third-order valence-corrected chi connectivity index (χ3v) is 10.8. The van der Waals surface area contributed by atoms with E-state index in [0.29, 0.717) is 11.3 Å². The van der Waals surface area contributed by atoms with Crippen LogP contribution in [0.3, 0.4) is 0 Å². The third kappa shape index (κ3) is 3.35. The van der Waals surface area contributed by atoms with E-state index >= 15 is 0 Å². The zero-order valence-corrected chi connectivity index (χ0v) is 17.4. The molecule has 0 aromatic heterocycles. The Labute approximate surface area is 162 Å². The second-order valence-electron chi connectivity index (χ2n) is 7.79. The van der Waals surface area contributed by atoms with Gasteiger partial charge in [-0.25, -0.2) is 0 Å². The Morgan fingerprint density at radius 1 is 0.778 bits per heavy atom. The summed E-state index contributed by atoms with van der Waals surface area (Å²) < 4.78 is 5.38. The highest BCUT2D eigenvalue weighted by molar-refractivity contribution is 7.25. The standard InChI is InChI=1S/C24H26O2Si/c1-24(2,3)27(21-14-7-5-8-15-21,22-16-9-6-10-17-22)23(25)19-12-11-13-20(18-19)26-4/h5-18H,1-4H3. The Morgan fingerprint density at radius 3 is 1.74 bits per heavy atom. The van der Waals surface area contributed by atoms with E-state index in [1.807, 2.05) is 60.7 Å². The first-order valence-electron chi connectivity index (χ1n) is 9.21. The van der Waals surface area contributed by atoms with Crippen LogP contribution in [0.25, 0.3) is 0 Å². The molecule has 0 spiro atoms. The smallest absolute Gasteiger partial charge is 0.205 e. The van der Waals surface area contributed by atoms with Crippen LogP contribution in [0.2, 0.25) is 5.04 Å². The van der Waals surface area contributed by atoms with Crippen LogP contribution < -0.4 is 15.1 Å². The molecule has 0 bridgehead atoms. The van der Waals surface area contributed by atoms with Gasteiger partial charge in [-0.3, -0.25) is 4.79 Å². The van der Waals surface area contributed by atoms with Gasteiger partial charge in [0.15, 0.2) is 5.41 Å². The molecule has 3 rings (SSSR count). The van der Waals surface area contributed by atoms with Gasteiger partial charge in [0.25, 0.3) is 0 Å². The molecule has 0 fully saturated rings. The highest BCUT2D eigenvalue weighted by Gasteiger charge is 2.54. The quantitative estimate of drug-likeness (QED) is 0.616. The average Bonchev–Trinajstić information content (AvgIpc) is 2.69. The molecule has 0 aliphatic rings. The van der Waals surface area contributed by atoms with Gasteiger partial charge in [0.1, 0.15) is 5.75 Å². The van der Waals surface area contributed by atoms with Crippen molar-refractivity contribution in [1.82, 2.24) is 0 Å². The Kier molecular flexibility index (Phi) is 5.33. The maximum atomic E-state index is 14.2. The molecule has 0 amide bonds. The summed E-state index contributed by atoms with van der Waals surface area (Å²) in [6, 6.07) is 28.1. The Balaban J connectivity index is 2.34. The number of carbonyl (C=O) groups excluding carboxylic acids is 1. The van der Waals surface area contributed by atoms with E-state index in [9.17, 15) is 4.79 Å². The largest absolute Gasteiger partial charge is 0.497 e. The summed E-state index contributed by atoms with van der Waals surface area (Å²) in [5.74, 6) is 0.707. The highest BCUT2D eigenvalue weighted by atomic mass is 28.3. The number of carbonyl (C=O) groups is 1. The number of hydrogen-bond donors (Lipinski definition) is 0. The first kappa shape index (κ1) is 19.1. The minimum Gasteiger partial charge on any atom is -0.497 e. The minimum absolute atomic E-state index is 0.212. The number of rotatable bonds is 5. The molecule has 3 aromatic carbocycles. The maximum absolute atomic E-state index is 14.2. The van der Waals surface area contributed by atoms with Crippen LogP contribution in [-0.4, -0.2) is 20.6 Å². The predicted octanol–water partition coefficient (Wildman–Crippen LogP) is 4.48. The van der Waals surface area contributed by atoms with Crippen molar-refractivity contribution >= 4 is 23.9 Å². The van der Waals surface area contributed by atoms with Gasteiger partial charge >= 0.3 is 0 Å². The zero-order valence-electron chi connectivity index (χ0n) is 16.4. The summed E-state index contributed by atoms with van der Waals surface area (Å²) >= 11 is 0. The van der Waals surface area contributed by atoms with E-state index in [1.54, 1.807) is 7.11 Å². The van der Waals surface area contributed by atoms with E-state index in [1.165, 1.54) is 0 Å². The molecule has 0 heterocycles. The number of ether oxygens (including phenoxy) is 1. The van der Waals surface area contributed by atoms with Crippen LogP contribution in [0, 0.1) is 0 Å². The first-order valence-corrected chi connectivity index (χ1v) is 11.2. The van der Waals surface area contributed by atoms with Crippen LogP contribution >= 0.6 is 0 Å². The van der Waals surface area contributed by atoms with E-state index in [-0.39, 0.29) is 10.4 Å². The lowest BCUT2D eigenvalue weighted by Crippen LogP contribution is -2.70. The molecule has 138 valence electrons. The lowest BCUT2D eigenvalue weighted by atomic mass is 10.2. The van der Waals surface area contributed by atoms with Crippen LogP contribution in [-0.2, 0) is 0 Å². The molecule has 0 aliphatic carbocycles. The molecule has 3 heteroatoms. The first-order chi connectivity index (χ1) is 12.9. The fraction of sp³-hybridized carbons (Fsp3) is 0.208. The lowest BCUT2D eigenvalue weighted by molar-refractivity contribution is 0.106. The van der Waals surface area contributed by atoms with Gasteiger partial charge in [-0.15, -0.1) is 0 Å². The van der Waals surface area contributed by atoms with Gasteiger partial charge < -0.3 is 4.74 Å². The second kappa shape index (κ2) is 7.53. The monoisotopic (exact) mass is 374 g/mol. The summed E-state index contributed by atoms with van der Waals surface area (Å²) in [5.41, 5.74) is 0.712. The maximum Gasteiger partial charge on any atom is 0.205 e. The normalized spacial score (nSPS) is 11.9. The number of methoxy groups -OCH3 is 1. The van der Waals surface area contributed by atoms with Gasteiger partial charge in [0, 0.05) is 5.56 Å². The molecule has 2 nitrogen and oxygen atoms in total. The van der Waals surface area contributed by atoms with Gasteiger partial charge in [-0.05, 0) is 27.5 Å². The Hall–Kier alpha value is -2.65. The molecule has 0 saturated heterocycles. The van der Waals surface area contributed by atoms with E-state index < -0.39 is 8.07 Å². The van der Waals surface area contributed by atoms with Crippen molar-refractivity contribution in [2.24, 2.45) is 0 Å². The fourth-order valence-electron chi connectivity index (χ4n) is 3.99. The summed E-state index contributed by atoms with van der Waals surface area (Å²) in [5, 5.41) is 2.27. The van der Waals surface area contributed by atoms with Gasteiger partial charge in [-0.2, -0.15) is 0 Å². The van der Waals surface area contributed by atoms with Crippen molar-refractivity contribution < 1.29 is 9.53 Å². The predicted molar refractivity (Wildman–Crippen MR) is 115 cm³/mol. The molecule has 3 aromatic rings. The van der Waals surface area contributed by atoms with Crippen molar-refractivity contribution in [3.63, 3.8) is 0 Å². The van der Waals surface area contributed by atoms with Crippen LogP contribution in [0.5, 0.6) is 5.75 Å². The van der Waals surface area contributed by atoms with E-state index in [0.717, 1.165) is 10.4 Å². The topological polar surface area (TPSA) is 26.3 Å². The van der Waals surface area contributed by atoms with Crippen molar-refractivity contribution in [2.75, 3.05) is 7.11 Å². The SMILES string of the molecule is COc1cccc(C(=O)[Si](c2ccccc2)(c2ccccc2)C(C)(C)C)c1. The summed E-state index contributed by atoms with van der Waals surface area (Å²) in [6.07, 6.45) is 0. The fourth-order valence-corrected chi connectivity index (χ4v) is 9.24. The third-order valence-electron chi connectivity index (χ3n) is 5.21. The summed E-state index contributed by atoms with van der Waals surface area (Å²) in [4.78, 5) is 14.2.